The maximum atomic E-state index is 5.56. The van der Waals surface area contributed by atoms with Gasteiger partial charge >= 0.3 is 0 Å². The van der Waals surface area contributed by atoms with Crippen LogP contribution in [0.4, 0.5) is 0 Å². The summed E-state index contributed by atoms with van der Waals surface area (Å²) in [4.78, 5) is 0. The van der Waals surface area contributed by atoms with Crippen molar-refractivity contribution in [3.8, 4) is 16.9 Å². The Morgan fingerprint density at radius 1 is 1.05 bits per heavy atom. The van der Waals surface area contributed by atoms with Gasteiger partial charge in [-0.1, -0.05) is 44.2 Å². The van der Waals surface area contributed by atoms with Crippen LogP contribution in [-0.2, 0) is 6.54 Å². The van der Waals surface area contributed by atoms with Crippen LogP contribution in [0.2, 0.25) is 0 Å². The van der Waals surface area contributed by atoms with Gasteiger partial charge in [-0.15, -0.1) is 0 Å². The summed E-state index contributed by atoms with van der Waals surface area (Å²) in [5.41, 5.74) is 6.17. The predicted molar refractivity (Wildman–Crippen MR) is 89.9 cm³/mol. The highest BCUT2D eigenvalue weighted by atomic mass is 16.5. The van der Waals surface area contributed by atoms with E-state index in [1.54, 1.807) is 7.11 Å². The van der Waals surface area contributed by atoms with E-state index in [1.807, 2.05) is 0 Å². The Balaban J connectivity index is 2.30. The first kappa shape index (κ1) is 15.6. The van der Waals surface area contributed by atoms with Crippen molar-refractivity contribution in [3.63, 3.8) is 0 Å². The van der Waals surface area contributed by atoms with Crippen molar-refractivity contribution in [2.75, 3.05) is 7.11 Å². The van der Waals surface area contributed by atoms with Crippen LogP contribution in [0.3, 0.4) is 0 Å². The topological polar surface area (TPSA) is 21.3 Å². The molecule has 0 aliphatic carbocycles. The molecule has 2 rings (SSSR count). The van der Waals surface area contributed by atoms with Crippen LogP contribution in [0, 0.1) is 13.8 Å². The molecule has 0 radical (unpaired) electrons. The van der Waals surface area contributed by atoms with E-state index < -0.39 is 0 Å². The first-order valence-corrected chi connectivity index (χ1v) is 7.49. The smallest absolute Gasteiger partial charge is 0.127 e. The van der Waals surface area contributed by atoms with Gasteiger partial charge in [0.25, 0.3) is 0 Å². The van der Waals surface area contributed by atoms with Crippen molar-refractivity contribution in [1.29, 1.82) is 0 Å². The van der Waals surface area contributed by atoms with E-state index in [9.17, 15) is 0 Å². The van der Waals surface area contributed by atoms with Gasteiger partial charge in [0.05, 0.1) is 7.11 Å². The van der Waals surface area contributed by atoms with Gasteiger partial charge in [0.2, 0.25) is 0 Å². The van der Waals surface area contributed by atoms with Crippen molar-refractivity contribution in [2.24, 2.45) is 0 Å². The Hall–Kier alpha value is -1.80. The number of rotatable bonds is 5. The molecule has 0 heterocycles. The first-order valence-electron chi connectivity index (χ1n) is 7.49. The third kappa shape index (κ3) is 3.85. The molecule has 0 aliphatic rings. The van der Waals surface area contributed by atoms with Crippen LogP contribution >= 0.6 is 0 Å². The molecule has 0 spiro atoms. The van der Waals surface area contributed by atoms with Gasteiger partial charge < -0.3 is 10.1 Å². The summed E-state index contributed by atoms with van der Waals surface area (Å²) in [6.07, 6.45) is 0. The van der Waals surface area contributed by atoms with Crippen LogP contribution in [0.15, 0.2) is 36.4 Å². The summed E-state index contributed by atoms with van der Waals surface area (Å²) in [5, 5.41) is 3.44. The molecule has 21 heavy (non-hydrogen) atoms. The summed E-state index contributed by atoms with van der Waals surface area (Å²) < 4.78 is 5.56. The molecule has 0 saturated carbocycles. The van der Waals surface area contributed by atoms with E-state index in [2.05, 4.69) is 69.4 Å². The molecule has 0 atom stereocenters. The average Bonchev–Trinajstić information content (AvgIpc) is 2.45. The Kier molecular flexibility index (Phi) is 5.03. The molecular formula is C19H25NO. The van der Waals surface area contributed by atoms with Gasteiger partial charge in [0.15, 0.2) is 0 Å². The SMILES string of the molecule is COc1cc(C)cc(C)c1-c1ccc(CNC(C)C)cc1. The third-order valence-corrected chi connectivity index (χ3v) is 3.62. The van der Waals surface area contributed by atoms with Crippen LogP contribution < -0.4 is 10.1 Å². The van der Waals surface area contributed by atoms with Gasteiger partial charge in [-0.3, -0.25) is 0 Å². The molecule has 0 amide bonds. The van der Waals surface area contributed by atoms with Crippen molar-refractivity contribution >= 4 is 0 Å². The minimum absolute atomic E-state index is 0.504. The van der Waals surface area contributed by atoms with Gasteiger partial charge in [-0.25, -0.2) is 0 Å². The van der Waals surface area contributed by atoms with Crippen LogP contribution in [0.25, 0.3) is 11.1 Å². The van der Waals surface area contributed by atoms with E-state index >= 15 is 0 Å². The molecule has 0 unspecified atom stereocenters. The van der Waals surface area contributed by atoms with E-state index in [4.69, 9.17) is 4.74 Å². The van der Waals surface area contributed by atoms with Crippen molar-refractivity contribution in [2.45, 2.75) is 40.3 Å². The second kappa shape index (κ2) is 6.77. The summed E-state index contributed by atoms with van der Waals surface area (Å²) in [5.74, 6) is 0.945. The molecule has 0 saturated heterocycles. The summed E-state index contributed by atoms with van der Waals surface area (Å²) in [6.45, 7) is 9.46. The Bertz CT molecular complexity index is 600. The summed E-state index contributed by atoms with van der Waals surface area (Å²) in [7, 11) is 1.73. The van der Waals surface area contributed by atoms with Crippen LogP contribution in [0.1, 0.15) is 30.5 Å². The van der Waals surface area contributed by atoms with Crippen LogP contribution in [-0.4, -0.2) is 13.2 Å². The number of aryl methyl sites for hydroxylation is 2. The molecular weight excluding hydrogens is 258 g/mol. The van der Waals surface area contributed by atoms with Gasteiger partial charge in [-0.2, -0.15) is 0 Å². The maximum Gasteiger partial charge on any atom is 0.127 e. The molecule has 2 nitrogen and oxygen atoms in total. The lowest BCUT2D eigenvalue weighted by molar-refractivity contribution is 0.416. The van der Waals surface area contributed by atoms with E-state index in [0.717, 1.165) is 12.3 Å². The normalized spacial score (nSPS) is 11.0. The van der Waals surface area contributed by atoms with E-state index in [1.165, 1.54) is 27.8 Å². The highest BCUT2D eigenvalue weighted by Crippen LogP contribution is 2.34. The second-order valence-electron chi connectivity index (χ2n) is 5.89. The van der Waals surface area contributed by atoms with Crippen molar-refractivity contribution in [3.05, 3.63) is 53.1 Å². The minimum atomic E-state index is 0.504. The second-order valence-corrected chi connectivity index (χ2v) is 5.89. The summed E-state index contributed by atoms with van der Waals surface area (Å²) in [6, 6.07) is 13.5. The molecule has 0 aliphatic heterocycles. The quantitative estimate of drug-likeness (QED) is 0.873. The fourth-order valence-corrected chi connectivity index (χ4v) is 2.57. The zero-order chi connectivity index (χ0) is 15.4. The standard InChI is InChI=1S/C19H25NO/c1-13(2)20-12-16-6-8-17(9-7-16)19-15(4)10-14(3)11-18(19)21-5/h6-11,13,20H,12H2,1-5H3. The zero-order valence-electron chi connectivity index (χ0n) is 13.7. The molecule has 0 aromatic heterocycles. The third-order valence-electron chi connectivity index (χ3n) is 3.62. The van der Waals surface area contributed by atoms with Crippen molar-refractivity contribution < 1.29 is 4.74 Å². The molecule has 112 valence electrons. The lowest BCUT2D eigenvalue weighted by Gasteiger charge is -2.14. The number of benzene rings is 2. The number of hydrogen-bond donors (Lipinski definition) is 1. The van der Waals surface area contributed by atoms with Crippen molar-refractivity contribution in [1.82, 2.24) is 5.32 Å². The fourth-order valence-electron chi connectivity index (χ4n) is 2.57. The number of hydrogen-bond acceptors (Lipinski definition) is 2. The maximum absolute atomic E-state index is 5.56. The van der Waals surface area contributed by atoms with E-state index in [0.29, 0.717) is 6.04 Å². The molecule has 0 fully saturated rings. The average molecular weight is 283 g/mol. The molecule has 1 N–H and O–H groups in total. The van der Waals surface area contributed by atoms with Crippen LogP contribution in [0.5, 0.6) is 5.75 Å². The lowest BCUT2D eigenvalue weighted by atomic mass is 9.96. The Labute approximate surface area is 128 Å². The van der Waals surface area contributed by atoms with E-state index in [-0.39, 0.29) is 0 Å². The molecule has 0 bridgehead atoms. The number of nitrogens with one attached hydrogen (secondary N) is 1. The largest absolute Gasteiger partial charge is 0.496 e. The minimum Gasteiger partial charge on any atom is -0.496 e. The number of methoxy groups -OCH3 is 1. The molecule has 2 aromatic rings. The highest BCUT2D eigenvalue weighted by molar-refractivity contribution is 5.74. The zero-order valence-corrected chi connectivity index (χ0v) is 13.7. The Morgan fingerprint density at radius 2 is 1.71 bits per heavy atom. The predicted octanol–water partition coefficient (Wildman–Crippen LogP) is 4.48. The molecule has 2 aromatic carbocycles. The fraction of sp³-hybridized carbons (Fsp3) is 0.368. The van der Waals surface area contributed by atoms with Gasteiger partial charge in [0, 0.05) is 18.2 Å². The Morgan fingerprint density at radius 3 is 2.29 bits per heavy atom. The lowest BCUT2D eigenvalue weighted by Crippen LogP contribution is -2.21. The number of ether oxygens (including phenoxy) is 1. The highest BCUT2D eigenvalue weighted by Gasteiger charge is 2.10. The van der Waals surface area contributed by atoms with Gasteiger partial charge in [-0.05, 0) is 42.2 Å². The first-order chi connectivity index (χ1) is 10.0. The monoisotopic (exact) mass is 283 g/mol. The molecule has 2 heteroatoms. The summed E-state index contributed by atoms with van der Waals surface area (Å²) >= 11 is 0. The van der Waals surface area contributed by atoms with Gasteiger partial charge in [0.1, 0.15) is 5.75 Å².